The van der Waals surface area contributed by atoms with Gasteiger partial charge in [-0.05, 0) is 0 Å². The first kappa shape index (κ1) is 12.5. The number of alkyl halides is 1. The topological polar surface area (TPSA) is 42.0 Å². The summed E-state index contributed by atoms with van der Waals surface area (Å²) in [5.74, 6) is -0.165. The fourth-order valence-corrected chi connectivity index (χ4v) is 2.01. The molecule has 0 aliphatic carbocycles. The molecule has 1 rings (SSSR count). The van der Waals surface area contributed by atoms with Crippen LogP contribution in [-0.2, 0) is 16.8 Å². The van der Waals surface area contributed by atoms with Crippen LogP contribution in [-0.4, -0.2) is 16.8 Å². The van der Waals surface area contributed by atoms with Crippen LogP contribution in [0.25, 0.3) is 0 Å². The second-order valence-electron chi connectivity index (χ2n) is 4.29. The first-order chi connectivity index (χ1) is 6.93. The van der Waals surface area contributed by atoms with Crippen LogP contribution in [0.1, 0.15) is 31.5 Å². The third-order valence-corrected chi connectivity index (χ3v) is 2.97. The summed E-state index contributed by atoms with van der Waals surface area (Å²) in [6, 6.07) is 0. The standard InChI is InChI=1S/C10H15ClN2OS/c1-10(2,3)7-6-15-9(13-7)5-12-8(14)4-11/h6H,4-5H2,1-3H3,(H,12,14). The van der Waals surface area contributed by atoms with E-state index in [0.29, 0.717) is 6.54 Å². The van der Waals surface area contributed by atoms with E-state index >= 15 is 0 Å². The van der Waals surface area contributed by atoms with Crippen molar-refractivity contribution in [3.8, 4) is 0 Å². The van der Waals surface area contributed by atoms with Crippen molar-refractivity contribution in [2.24, 2.45) is 0 Å². The monoisotopic (exact) mass is 246 g/mol. The number of halogens is 1. The Labute approximate surface area is 98.9 Å². The van der Waals surface area contributed by atoms with Crippen molar-refractivity contribution in [1.29, 1.82) is 0 Å². The van der Waals surface area contributed by atoms with Gasteiger partial charge in [0.1, 0.15) is 10.9 Å². The maximum atomic E-state index is 10.9. The smallest absolute Gasteiger partial charge is 0.235 e. The number of aromatic nitrogens is 1. The number of carbonyl (C=O) groups excluding carboxylic acids is 1. The van der Waals surface area contributed by atoms with Gasteiger partial charge in [0.05, 0.1) is 12.2 Å². The predicted octanol–water partition coefficient (Wildman–Crippen LogP) is 2.30. The van der Waals surface area contributed by atoms with Gasteiger partial charge in [0.25, 0.3) is 0 Å². The lowest BCUT2D eigenvalue weighted by Gasteiger charge is -2.14. The van der Waals surface area contributed by atoms with Crippen molar-refractivity contribution in [2.45, 2.75) is 32.7 Å². The van der Waals surface area contributed by atoms with Gasteiger partial charge in [-0.15, -0.1) is 22.9 Å². The Morgan fingerprint density at radius 2 is 2.27 bits per heavy atom. The molecule has 3 nitrogen and oxygen atoms in total. The first-order valence-electron chi connectivity index (χ1n) is 4.71. The molecule has 1 aromatic rings. The summed E-state index contributed by atoms with van der Waals surface area (Å²) in [6.07, 6.45) is 0. The fourth-order valence-electron chi connectivity index (χ4n) is 0.958. The van der Waals surface area contributed by atoms with E-state index < -0.39 is 0 Å². The van der Waals surface area contributed by atoms with Crippen LogP contribution >= 0.6 is 22.9 Å². The molecule has 5 heteroatoms. The molecule has 0 aromatic carbocycles. The van der Waals surface area contributed by atoms with E-state index in [1.54, 1.807) is 11.3 Å². The second kappa shape index (κ2) is 4.94. The molecular formula is C10H15ClN2OS. The summed E-state index contributed by atoms with van der Waals surface area (Å²) in [6.45, 7) is 6.81. The molecule has 1 aromatic heterocycles. The Morgan fingerprint density at radius 3 is 2.73 bits per heavy atom. The molecule has 0 atom stereocenters. The van der Waals surface area contributed by atoms with Gasteiger partial charge in [0.15, 0.2) is 0 Å². The summed E-state index contributed by atoms with van der Waals surface area (Å²) in [5.41, 5.74) is 1.12. The number of amides is 1. The summed E-state index contributed by atoms with van der Waals surface area (Å²) in [4.78, 5) is 15.4. The molecule has 84 valence electrons. The van der Waals surface area contributed by atoms with Crippen molar-refractivity contribution in [3.63, 3.8) is 0 Å². The maximum absolute atomic E-state index is 10.9. The summed E-state index contributed by atoms with van der Waals surface area (Å²) >= 11 is 6.93. The third kappa shape index (κ3) is 3.80. The number of nitrogens with one attached hydrogen (secondary N) is 1. The highest BCUT2D eigenvalue weighted by atomic mass is 35.5. The average molecular weight is 247 g/mol. The minimum absolute atomic E-state index is 0.00248. The molecule has 0 fully saturated rings. The Hall–Kier alpha value is -0.610. The van der Waals surface area contributed by atoms with E-state index in [0.717, 1.165) is 10.7 Å². The second-order valence-corrected chi connectivity index (χ2v) is 5.50. The van der Waals surface area contributed by atoms with Crippen molar-refractivity contribution in [3.05, 3.63) is 16.1 Å². The largest absolute Gasteiger partial charge is 0.349 e. The Kier molecular flexibility index (Phi) is 4.11. The average Bonchev–Trinajstić information content (AvgIpc) is 2.61. The number of nitrogens with zero attached hydrogens (tertiary/aromatic N) is 1. The SMILES string of the molecule is CC(C)(C)c1csc(CNC(=O)CCl)n1. The molecule has 0 unspecified atom stereocenters. The quantitative estimate of drug-likeness (QED) is 0.832. The van der Waals surface area contributed by atoms with Gasteiger partial charge in [0, 0.05) is 10.8 Å². The highest BCUT2D eigenvalue weighted by Crippen LogP contribution is 2.23. The maximum Gasteiger partial charge on any atom is 0.235 e. The van der Waals surface area contributed by atoms with Gasteiger partial charge in [-0.25, -0.2) is 4.98 Å². The zero-order chi connectivity index (χ0) is 11.5. The third-order valence-electron chi connectivity index (χ3n) is 1.88. The Bertz CT molecular complexity index is 343. The molecule has 15 heavy (non-hydrogen) atoms. The van der Waals surface area contributed by atoms with Crippen LogP contribution in [0.5, 0.6) is 0 Å². The van der Waals surface area contributed by atoms with E-state index in [2.05, 4.69) is 31.1 Å². The number of hydrogen-bond acceptors (Lipinski definition) is 3. The highest BCUT2D eigenvalue weighted by Gasteiger charge is 2.17. The van der Waals surface area contributed by atoms with Crippen molar-refractivity contribution in [2.75, 3.05) is 5.88 Å². The molecule has 1 N–H and O–H groups in total. The van der Waals surface area contributed by atoms with Crippen LogP contribution in [0.3, 0.4) is 0 Å². The molecular weight excluding hydrogens is 232 g/mol. The summed E-state index contributed by atoms with van der Waals surface area (Å²) in [7, 11) is 0. The zero-order valence-electron chi connectivity index (χ0n) is 9.13. The van der Waals surface area contributed by atoms with Crippen molar-refractivity contribution < 1.29 is 4.79 Å². The molecule has 1 amide bonds. The highest BCUT2D eigenvalue weighted by molar-refractivity contribution is 7.09. The lowest BCUT2D eigenvalue weighted by atomic mass is 9.93. The minimum atomic E-state index is -0.163. The van der Waals surface area contributed by atoms with Gasteiger partial charge >= 0.3 is 0 Å². The van der Waals surface area contributed by atoms with E-state index in [1.807, 2.05) is 5.38 Å². The fraction of sp³-hybridized carbons (Fsp3) is 0.600. The normalized spacial score (nSPS) is 11.5. The Balaban J connectivity index is 2.58. The zero-order valence-corrected chi connectivity index (χ0v) is 10.7. The van der Waals surface area contributed by atoms with E-state index in [9.17, 15) is 4.79 Å². The number of hydrogen-bond donors (Lipinski definition) is 1. The van der Waals surface area contributed by atoms with E-state index in [4.69, 9.17) is 11.6 Å². The molecule has 0 saturated heterocycles. The number of rotatable bonds is 3. The minimum Gasteiger partial charge on any atom is -0.349 e. The molecule has 0 saturated carbocycles. The van der Waals surface area contributed by atoms with E-state index in [-0.39, 0.29) is 17.2 Å². The van der Waals surface area contributed by atoms with Crippen LogP contribution in [0, 0.1) is 0 Å². The lowest BCUT2D eigenvalue weighted by Crippen LogP contribution is -2.23. The number of thiazole rings is 1. The number of carbonyl (C=O) groups is 1. The molecule has 0 aliphatic rings. The van der Waals surface area contributed by atoms with Gasteiger partial charge in [0.2, 0.25) is 5.91 Å². The van der Waals surface area contributed by atoms with Crippen LogP contribution < -0.4 is 5.32 Å². The van der Waals surface area contributed by atoms with Crippen LogP contribution in [0.2, 0.25) is 0 Å². The Morgan fingerprint density at radius 1 is 1.60 bits per heavy atom. The predicted molar refractivity (Wildman–Crippen MR) is 63.4 cm³/mol. The van der Waals surface area contributed by atoms with Crippen molar-refractivity contribution in [1.82, 2.24) is 10.3 Å². The lowest BCUT2D eigenvalue weighted by molar-refractivity contribution is -0.118. The van der Waals surface area contributed by atoms with Gasteiger partial charge in [-0.3, -0.25) is 4.79 Å². The molecule has 1 heterocycles. The van der Waals surface area contributed by atoms with Crippen LogP contribution in [0.4, 0.5) is 0 Å². The van der Waals surface area contributed by atoms with Gasteiger partial charge < -0.3 is 5.32 Å². The molecule has 0 bridgehead atoms. The summed E-state index contributed by atoms with van der Waals surface area (Å²) in [5, 5.41) is 5.64. The van der Waals surface area contributed by atoms with Crippen LogP contribution in [0.15, 0.2) is 5.38 Å². The van der Waals surface area contributed by atoms with Gasteiger partial charge in [-0.1, -0.05) is 20.8 Å². The van der Waals surface area contributed by atoms with Crippen molar-refractivity contribution >= 4 is 28.8 Å². The van der Waals surface area contributed by atoms with Gasteiger partial charge in [-0.2, -0.15) is 0 Å². The summed E-state index contributed by atoms with van der Waals surface area (Å²) < 4.78 is 0. The van der Waals surface area contributed by atoms with E-state index in [1.165, 1.54) is 0 Å². The molecule has 0 aliphatic heterocycles. The molecule has 0 spiro atoms. The first-order valence-corrected chi connectivity index (χ1v) is 6.12. The molecule has 0 radical (unpaired) electrons.